The van der Waals surface area contributed by atoms with Crippen LogP contribution in [0.2, 0.25) is 0 Å². The van der Waals surface area contributed by atoms with Crippen molar-refractivity contribution in [3.8, 4) is 0 Å². The second-order valence-corrected chi connectivity index (χ2v) is 8.22. The topological polar surface area (TPSA) is 49.3 Å². The van der Waals surface area contributed by atoms with Gasteiger partial charge in [-0.15, -0.1) is 0 Å². The highest BCUT2D eigenvalue weighted by Crippen LogP contribution is 2.32. The minimum atomic E-state index is 0.498. The minimum Gasteiger partial charge on any atom is -0.386 e. The lowest BCUT2D eigenvalue weighted by atomic mass is 9.82. The van der Waals surface area contributed by atoms with E-state index in [1.54, 1.807) is 0 Å². The lowest BCUT2D eigenvalue weighted by molar-refractivity contribution is 0.313. The van der Waals surface area contributed by atoms with Crippen LogP contribution in [0.1, 0.15) is 78.2 Å². The number of anilines is 1. The van der Waals surface area contributed by atoms with E-state index >= 15 is 0 Å². The molecule has 160 valence electrons. The standard InChI is InChI=1S/C23H34N4.C2H6/c1-16(2)22(15-24-4)19-12-13-25-23(14-19)27-21-10-8-20(9-11-21)26-17(3)18-6-5-7-18;1-2/h12-15,18,20-21,26H,3,5-11H2,1-2,4H3,(H,25,27);1-2H3. The maximum absolute atomic E-state index is 4.54. The predicted molar refractivity (Wildman–Crippen MR) is 128 cm³/mol. The van der Waals surface area contributed by atoms with Crippen LogP contribution in [-0.2, 0) is 0 Å². The van der Waals surface area contributed by atoms with Crippen LogP contribution < -0.4 is 10.6 Å². The van der Waals surface area contributed by atoms with Crippen molar-refractivity contribution in [3.05, 3.63) is 41.7 Å². The Balaban J connectivity index is 0.00000145. The maximum Gasteiger partial charge on any atom is 0.126 e. The van der Waals surface area contributed by atoms with Crippen LogP contribution in [0.25, 0.3) is 5.57 Å². The number of aliphatic imine (C=N–C) groups is 1. The van der Waals surface area contributed by atoms with E-state index in [4.69, 9.17) is 0 Å². The van der Waals surface area contributed by atoms with Crippen LogP contribution in [0.4, 0.5) is 5.82 Å². The van der Waals surface area contributed by atoms with Gasteiger partial charge < -0.3 is 10.6 Å². The summed E-state index contributed by atoms with van der Waals surface area (Å²) < 4.78 is 0. The number of hydrogen-bond acceptors (Lipinski definition) is 4. The van der Waals surface area contributed by atoms with Crippen LogP contribution in [0, 0.1) is 5.92 Å². The average Bonchev–Trinajstić information content (AvgIpc) is 2.68. The summed E-state index contributed by atoms with van der Waals surface area (Å²) in [6, 6.07) is 5.29. The lowest BCUT2D eigenvalue weighted by Crippen LogP contribution is -2.38. The van der Waals surface area contributed by atoms with Gasteiger partial charge in [0, 0.05) is 37.2 Å². The Hall–Kier alpha value is -2.10. The van der Waals surface area contributed by atoms with E-state index in [2.05, 4.69) is 53.2 Å². The summed E-state index contributed by atoms with van der Waals surface area (Å²) in [4.78, 5) is 8.73. The van der Waals surface area contributed by atoms with Gasteiger partial charge in [0.15, 0.2) is 0 Å². The first-order chi connectivity index (χ1) is 14.1. The summed E-state index contributed by atoms with van der Waals surface area (Å²) in [5.74, 6) is 1.69. The largest absolute Gasteiger partial charge is 0.386 e. The Bertz CT molecular complexity index is 703. The molecule has 0 amide bonds. The molecule has 1 aromatic heterocycles. The Morgan fingerprint density at radius 2 is 1.76 bits per heavy atom. The van der Waals surface area contributed by atoms with Gasteiger partial charge >= 0.3 is 0 Å². The summed E-state index contributed by atoms with van der Waals surface area (Å²) in [5.41, 5.74) is 4.88. The van der Waals surface area contributed by atoms with Crippen molar-refractivity contribution < 1.29 is 0 Å². The van der Waals surface area contributed by atoms with E-state index in [1.807, 2.05) is 33.3 Å². The summed E-state index contributed by atoms with van der Waals surface area (Å²) in [7, 11) is 1.81. The van der Waals surface area contributed by atoms with Gasteiger partial charge in [0.1, 0.15) is 5.82 Å². The molecular weight excluding hydrogens is 356 g/mol. The molecule has 4 heteroatoms. The fraction of sp³-hybridized carbons (Fsp3) is 0.600. The number of nitrogens with zero attached hydrogens (tertiary/aromatic N) is 2. The molecule has 0 atom stereocenters. The molecule has 0 unspecified atom stereocenters. The van der Waals surface area contributed by atoms with E-state index < -0.39 is 0 Å². The number of hydrogen-bond donors (Lipinski definition) is 2. The van der Waals surface area contributed by atoms with E-state index in [0.29, 0.717) is 12.1 Å². The molecule has 0 saturated heterocycles. The van der Waals surface area contributed by atoms with Gasteiger partial charge in [-0.1, -0.05) is 32.4 Å². The van der Waals surface area contributed by atoms with Crippen molar-refractivity contribution in [2.75, 3.05) is 12.4 Å². The maximum atomic E-state index is 4.54. The van der Waals surface area contributed by atoms with Gasteiger partial charge in [-0.2, -0.15) is 0 Å². The van der Waals surface area contributed by atoms with Gasteiger partial charge in [-0.05, 0) is 81.6 Å². The molecule has 1 aromatic rings. The van der Waals surface area contributed by atoms with Crippen LogP contribution in [0.15, 0.2) is 41.2 Å². The van der Waals surface area contributed by atoms with Crippen molar-refractivity contribution in [1.82, 2.24) is 10.3 Å². The highest BCUT2D eigenvalue weighted by atomic mass is 15.0. The molecule has 0 spiro atoms. The molecule has 29 heavy (non-hydrogen) atoms. The van der Waals surface area contributed by atoms with Crippen molar-refractivity contribution in [3.63, 3.8) is 0 Å². The van der Waals surface area contributed by atoms with E-state index in [1.165, 1.54) is 67.4 Å². The zero-order valence-electron chi connectivity index (χ0n) is 19.1. The first kappa shape index (κ1) is 23.2. The molecule has 2 saturated carbocycles. The van der Waals surface area contributed by atoms with Gasteiger partial charge in [-0.3, -0.25) is 4.99 Å². The second kappa shape index (κ2) is 11.8. The summed E-state index contributed by atoms with van der Waals surface area (Å²) in [6.45, 7) is 12.5. The van der Waals surface area contributed by atoms with Crippen LogP contribution in [-0.4, -0.2) is 30.3 Å². The zero-order chi connectivity index (χ0) is 21.2. The van der Waals surface area contributed by atoms with Gasteiger partial charge in [0.05, 0.1) is 0 Å². The fourth-order valence-electron chi connectivity index (χ4n) is 4.03. The molecule has 2 aliphatic carbocycles. The Morgan fingerprint density at radius 1 is 1.10 bits per heavy atom. The monoisotopic (exact) mass is 396 g/mol. The number of aromatic nitrogens is 1. The molecule has 0 aliphatic heterocycles. The number of allylic oxidation sites excluding steroid dienone is 3. The molecule has 0 aromatic carbocycles. The second-order valence-electron chi connectivity index (χ2n) is 8.22. The molecule has 3 rings (SSSR count). The van der Waals surface area contributed by atoms with E-state index in [-0.39, 0.29) is 0 Å². The quantitative estimate of drug-likeness (QED) is 0.537. The molecule has 2 fully saturated rings. The van der Waals surface area contributed by atoms with Crippen molar-refractivity contribution in [1.29, 1.82) is 0 Å². The third-order valence-corrected chi connectivity index (χ3v) is 5.93. The van der Waals surface area contributed by atoms with Gasteiger partial charge in [0.2, 0.25) is 0 Å². The summed E-state index contributed by atoms with van der Waals surface area (Å²) in [5, 5.41) is 7.34. The fourth-order valence-corrected chi connectivity index (χ4v) is 4.03. The molecular formula is C25H40N4. The highest BCUT2D eigenvalue weighted by molar-refractivity contribution is 6.10. The van der Waals surface area contributed by atoms with Gasteiger partial charge in [-0.25, -0.2) is 4.98 Å². The summed E-state index contributed by atoms with van der Waals surface area (Å²) in [6.07, 6.45) is 12.6. The Kier molecular flexibility index (Phi) is 9.43. The molecule has 1 heterocycles. The van der Waals surface area contributed by atoms with E-state index in [0.717, 1.165) is 11.7 Å². The van der Waals surface area contributed by atoms with Crippen molar-refractivity contribution in [2.45, 2.75) is 84.7 Å². The van der Waals surface area contributed by atoms with Crippen LogP contribution in [0.3, 0.4) is 0 Å². The highest BCUT2D eigenvalue weighted by Gasteiger charge is 2.25. The predicted octanol–water partition coefficient (Wildman–Crippen LogP) is 6.23. The third kappa shape index (κ3) is 6.73. The number of nitrogens with one attached hydrogen (secondary N) is 2. The minimum absolute atomic E-state index is 0.498. The van der Waals surface area contributed by atoms with Crippen LogP contribution in [0.5, 0.6) is 0 Å². The third-order valence-electron chi connectivity index (χ3n) is 5.93. The lowest BCUT2D eigenvalue weighted by Gasteiger charge is -2.35. The Morgan fingerprint density at radius 3 is 2.31 bits per heavy atom. The normalized spacial score (nSPS) is 21.6. The average molecular weight is 397 g/mol. The zero-order valence-corrected chi connectivity index (χ0v) is 19.1. The van der Waals surface area contributed by atoms with Crippen molar-refractivity contribution >= 4 is 17.6 Å². The van der Waals surface area contributed by atoms with E-state index in [9.17, 15) is 0 Å². The van der Waals surface area contributed by atoms with Crippen molar-refractivity contribution in [2.24, 2.45) is 10.9 Å². The molecule has 2 N–H and O–H groups in total. The smallest absolute Gasteiger partial charge is 0.126 e. The molecule has 4 nitrogen and oxygen atoms in total. The molecule has 0 bridgehead atoms. The number of pyridine rings is 1. The molecule has 0 radical (unpaired) electrons. The first-order valence-corrected chi connectivity index (χ1v) is 11.3. The number of rotatable bonds is 7. The Labute approximate surface area is 178 Å². The van der Waals surface area contributed by atoms with Crippen LogP contribution >= 0.6 is 0 Å². The first-order valence-electron chi connectivity index (χ1n) is 11.3. The summed E-state index contributed by atoms with van der Waals surface area (Å²) >= 11 is 0. The molecule has 2 aliphatic rings. The SMILES string of the molecule is C=C(NC1CCC(Nc2cc(C(C=NC)=C(C)C)ccn2)CC1)C1CCC1.CC. The van der Waals surface area contributed by atoms with Gasteiger partial charge in [0.25, 0.3) is 0 Å².